The van der Waals surface area contributed by atoms with E-state index in [0.717, 1.165) is 14.5 Å². The molecule has 0 amide bonds. The van der Waals surface area contributed by atoms with Gasteiger partial charge in [0.25, 0.3) is 0 Å². The Hall–Kier alpha value is -0.160. The van der Waals surface area contributed by atoms with Gasteiger partial charge in [-0.25, -0.2) is 0 Å². The second kappa shape index (κ2) is 5.00. The van der Waals surface area contributed by atoms with Gasteiger partial charge in [-0.3, -0.25) is 0 Å². The van der Waals surface area contributed by atoms with E-state index in [0.29, 0.717) is 0 Å². The smallest absolute Gasteiger partial charge is 0.0573 e. The number of hydrogen-bond donors (Lipinski definition) is 1. The fraction of sp³-hybridized carbons (Fsp3) is 0.167. The van der Waals surface area contributed by atoms with Crippen molar-refractivity contribution in [3.8, 4) is 0 Å². The van der Waals surface area contributed by atoms with E-state index in [1.54, 1.807) is 11.3 Å². The van der Waals surface area contributed by atoms with Crippen molar-refractivity contribution < 1.29 is 0 Å². The molecule has 0 saturated carbocycles. The Balaban J connectivity index is 2.41. The molecule has 0 spiro atoms. The maximum Gasteiger partial charge on any atom is 0.0573 e. The van der Waals surface area contributed by atoms with E-state index < -0.39 is 0 Å². The summed E-state index contributed by atoms with van der Waals surface area (Å²) < 4.78 is 2.09. The minimum atomic E-state index is -0.0614. The summed E-state index contributed by atoms with van der Waals surface area (Å²) >= 11 is 8.72. The van der Waals surface area contributed by atoms with Gasteiger partial charge >= 0.3 is 0 Å². The van der Waals surface area contributed by atoms with E-state index in [2.05, 4.69) is 56.3 Å². The van der Waals surface area contributed by atoms with Gasteiger partial charge in [-0.15, -0.1) is 11.3 Å². The van der Waals surface area contributed by atoms with Gasteiger partial charge in [-0.1, -0.05) is 37.9 Å². The highest BCUT2D eigenvalue weighted by molar-refractivity contribution is 9.11. The Bertz CT molecular complexity index is 507. The molecule has 1 aromatic heterocycles. The molecule has 2 N–H and O–H groups in total. The second-order valence-electron chi connectivity index (χ2n) is 3.58. The highest BCUT2D eigenvalue weighted by Crippen LogP contribution is 2.32. The van der Waals surface area contributed by atoms with Gasteiger partial charge in [0.1, 0.15) is 0 Å². The van der Waals surface area contributed by atoms with E-state index in [1.165, 1.54) is 10.4 Å². The van der Waals surface area contributed by atoms with Crippen LogP contribution in [0.5, 0.6) is 0 Å². The first-order valence-corrected chi connectivity index (χ1v) is 7.30. The molecule has 0 saturated heterocycles. The zero-order chi connectivity index (χ0) is 11.7. The van der Waals surface area contributed by atoms with Crippen LogP contribution < -0.4 is 5.73 Å². The van der Waals surface area contributed by atoms with E-state index in [1.807, 2.05) is 12.1 Å². The summed E-state index contributed by atoms with van der Waals surface area (Å²) in [4.78, 5) is 1.28. The van der Waals surface area contributed by atoms with Crippen LogP contribution in [-0.2, 0) is 0 Å². The van der Waals surface area contributed by atoms with Crippen LogP contribution in [0.25, 0.3) is 0 Å². The fourth-order valence-electron chi connectivity index (χ4n) is 1.64. The maximum absolute atomic E-state index is 6.27. The summed E-state index contributed by atoms with van der Waals surface area (Å²) in [5, 5.41) is 2.08. The predicted octanol–water partition coefficient (Wildman–Crippen LogP) is 4.63. The molecule has 0 bridgehead atoms. The predicted molar refractivity (Wildman–Crippen MR) is 76.9 cm³/mol. The Morgan fingerprint density at radius 1 is 1.19 bits per heavy atom. The van der Waals surface area contributed by atoms with Crippen molar-refractivity contribution in [1.29, 1.82) is 0 Å². The molecule has 1 nitrogen and oxygen atoms in total. The van der Waals surface area contributed by atoms with Gasteiger partial charge in [-0.2, -0.15) is 0 Å². The Labute approximate surface area is 116 Å². The standard InChI is InChI=1S/C12H11Br2NS/c1-7-9(4-5-16-7)12(15)10-3-2-8(13)6-11(10)14/h2-6,12H,15H2,1H3. The molecular formula is C12H11Br2NS. The third-order valence-electron chi connectivity index (χ3n) is 2.53. The zero-order valence-electron chi connectivity index (χ0n) is 8.71. The van der Waals surface area contributed by atoms with Crippen LogP contribution in [0, 0.1) is 6.92 Å². The molecule has 0 fully saturated rings. The zero-order valence-corrected chi connectivity index (χ0v) is 12.7. The summed E-state index contributed by atoms with van der Waals surface area (Å²) in [5.74, 6) is 0. The van der Waals surface area contributed by atoms with Crippen molar-refractivity contribution in [3.63, 3.8) is 0 Å². The van der Waals surface area contributed by atoms with Gasteiger partial charge in [0, 0.05) is 13.8 Å². The molecule has 0 radical (unpaired) electrons. The number of aryl methyl sites for hydroxylation is 1. The second-order valence-corrected chi connectivity index (χ2v) is 6.47. The maximum atomic E-state index is 6.27. The van der Waals surface area contributed by atoms with E-state index in [4.69, 9.17) is 5.73 Å². The monoisotopic (exact) mass is 359 g/mol. The molecule has 0 aliphatic carbocycles. The molecule has 1 aromatic carbocycles. The highest BCUT2D eigenvalue weighted by Gasteiger charge is 2.14. The van der Waals surface area contributed by atoms with Crippen LogP contribution in [0.2, 0.25) is 0 Å². The lowest BCUT2D eigenvalue weighted by Gasteiger charge is -2.14. The van der Waals surface area contributed by atoms with Crippen LogP contribution in [-0.4, -0.2) is 0 Å². The van der Waals surface area contributed by atoms with Crippen molar-refractivity contribution in [2.24, 2.45) is 5.73 Å². The SMILES string of the molecule is Cc1sccc1C(N)c1ccc(Br)cc1Br. The number of rotatable bonds is 2. The van der Waals surface area contributed by atoms with Gasteiger partial charge in [0.2, 0.25) is 0 Å². The van der Waals surface area contributed by atoms with Gasteiger partial charge in [0.15, 0.2) is 0 Å². The third kappa shape index (κ3) is 2.40. The first-order chi connectivity index (χ1) is 7.59. The lowest BCUT2D eigenvalue weighted by Crippen LogP contribution is -2.12. The molecule has 1 unspecified atom stereocenters. The van der Waals surface area contributed by atoms with Crippen LogP contribution in [0.1, 0.15) is 22.0 Å². The number of benzene rings is 1. The van der Waals surface area contributed by atoms with Crippen molar-refractivity contribution >= 4 is 43.2 Å². The molecular weight excluding hydrogens is 350 g/mol. The van der Waals surface area contributed by atoms with Crippen LogP contribution in [0.4, 0.5) is 0 Å². The van der Waals surface area contributed by atoms with Gasteiger partial charge in [0.05, 0.1) is 6.04 Å². The first kappa shape index (κ1) is 12.3. The van der Waals surface area contributed by atoms with Crippen molar-refractivity contribution in [1.82, 2.24) is 0 Å². The number of nitrogens with two attached hydrogens (primary N) is 1. The highest BCUT2D eigenvalue weighted by atomic mass is 79.9. The summed E-state index contributed by atoms with van der Waals surface area (Å²) in [6.45, 7) is 2.10. The Morgan fingerprint density at radius 3 is 2.50 bits per heavy atom. The Kier molecular flexibility index (Phi) is 3.85. The average Bonchev–Trinajstić information content (AvgIpc) is 2.63. The van der Waals surface area contributed by atoms with Crippen LogP contribution in [0.3, 0.4) is 0 Å². The van der Waals surface area contributed by atoms with Crippen molar-refractivity contribution in [2.75, 3.05) is 0 Å². The molecule has 2 aromatic rings. The third-order valence-corrected chi connectivity index (χ3v) is 4.57. The molecule has 4 heteroatoms. The van der Waals surface area contributed by atoms with Gasteiger partial charge < -0.3 is 5.73 Å². The summed E-state index contributed by atoms with van der Waals surface area (Å²) in [6, 6.07) is 8.13. The normalized spacial score (nSPS) is 12.8. The van der Waals surface area contributed by atoms with Crippen LogP contribution in [0.15, 0.2) is 38.6 Å². The lowest BCUT2D eigenvalue weighted by molar-refractivity contribution is 0.863. The van der Waals surface area contributed by atoms with Crippen LogP contribution >= 0.6 is 43.2 Å². The molecule has 0 aliphatic heterocycles. The van der Waals surface area contributed by atoms with E-state index >= 15 is 0 Å². The molecule has 1 atom stereocenters. The van der Waals surface area contributed by atoms with Crippen molar-refractivity contribution in [2.45, 2.75) is 13.0 Å². The minimum absolute atomic E-state index is 0.0614. The fourth-order valence-corrected chi connectivity index (χ4v) is 3.68. The largest absolute Gasteiger partial charge is 0.320 e. The van der Waals surface area contributed by atoms with E-state index in [-0.39, 0.29) is 6.04 Å². The van der Waals surface area contributed by atoms with Gasteiger partial charge in [-0.05, 0) is 41.6 Å². The topological polar surface area (TPSA) is 26.0 Å². The number of thiophene rings is 1. The lowest BCUT2D eigenvalue weighted by atomic mass is 10.0. The number of hydrogen-bond acceptors (Lipinski definition) is 2. The molecule has 0 aliphatic rings. The minimum Gasteiger partial charge on any atom is -0.320 e. The summed E-state index contributed by atoms with van der Waals surface area (Å²) in [6.07, 6.45) is 0. The van der Waals surface area contributed by atoms with Crippen molar-refractivity contribution in [3.05, 3.63) is 54.6 Å². The number of halogens is 2. The summed E-state index contributed by atoms with van der Waals surface area (Å²) in [7, 11) is 0. The first-order valence-electron chi connectivity index (χ1n) is 4.84. The summed E-state index contributed by atoms with van der Waals surface area (Å²) in [5.41, 5.74) is 8.59. The molecule has 1 heterocycles. The molecule has 84 valence electrons. The quantitative estimate of drug-likeness (QED) is 0.830. The molecule has 16 heavy (non-hydrogen) atoms. The average molecular weight is 361 g/mol. The Morgan fingerprint density at radius 2 is 1.94 bits per heavy atom. The molecule has 2 rings (SSSR count). The van der Waals surface area contributed by atoms with E-state index in [9.17, 15) is 0 Å².